The molecule has 2 nitrogen and oxygen atoms in total. The molecule has 0 aromatic carbocycles. The van der Waals surface area contributed by atoms with Crippen LogP contribution in [0.4, 0.5) is 0 Å². The van der Waals surface area contributed by atoms with Crippen LogP contribution in [0.3, 0.4) is 0 Å². The molecular formula is Cl4N2S2. The predicted octanol–water partition coefficient (Wildman–Crippen LogP) is 4.08. The van der Waals surface area contributed by atoms with E-state index in [-0.39, 0.29) is 0 Å². The van der Waals surface area contributed by atoms with E-state index < -0.39 is 14.2 Å². The molecule has 0 spiro atoms. The fourth-order valence-electron chi connectivity index (χ4n) is 0. The van der Waals surface area contributed by atoms with Crippen LogP contribution in [0.2, 0.25) is 0 Å². The zero-order chi connectivity index (χ0) is 7.00. The minimum Gasteiger partial charge on any atom is -0.184 e. The maximum Gasteiger partial charge on any atom is 0.183 e. The Labute approximate surface area is 65.9 Å². The molecule has 0 saturated carbocycles. The SMILES string of the molecule is N#S(Cl)(Cl)S(#N)(Cl)Cl. The summed E-state index contributed by atoms with van der Waals surface area (Å²) >= 11 is 0. The van der Waals surface area contributed by atoms with E-state index in [9.17, 15) is 0 Å². The van der Waals surface area contributed by atoms with E-state index in [4.69, 9.17) is 51.9 Å². The highest BCUT2D eigenvalue weighted by Gasteiger charge is 2.22. The van der Waals surface area contributed by atoms with Crippen LogP contribution >= 0.6 is 57.0 Å². The second-order valence-corrected chi connectivity index (χ2v) is 13.8. The fraction of sp³-hybridized carbons (Fsp3) is 0. The topological polar surface area (TPSA) is 47.6 Å². The molecule has 0 aliphatic carbocycles. The largest absolute Gasteiger partial charge is 0.184 e. The Bertz CT molecular complexity index is 222. The van der Waals surface area contributed by atoms with Crippen molar-refractivity contribution in [1.82, 2.24) is 0 Å². The first-order valence-electron chi connectivity index (χ1n) is 1.15. The number of hydrogen-bond donors (Lipinski definition) is 0. The van der Waals surface area contributed by atoms with Crippen molar-refractivity contribution in [2.45, 2.75) is 0 Å². The van der Waals surface area contributed by atoms with Gasteiger partial charge in [0.05, 0.1) is 0 Å². The molecule has 0 radical (unpaired) electrons. The maximum absolute atomic E-state index is 8.49. The quantitative estimate of drug-likeness (QED) is 0.592. The third kappa shape index (κ3) is 2.72. The van der Waals surface area contributed by atoms with Gasteiger partial charge in [0, 0.05) is 42.7 Å². The molecule has 0 fully saturated rings. The van der Waals surface area contributed by atoms with E-state index >= 15 is 0 Å². The van der Waals surface area contributed by atoms with Crippen LogP contribution < -0.4 is 0 Å². The lowest BCUT2D eigenvalue weighted by Crippen LogP contribution is -1.49. The number of halogens is 4. The van der Waals surface area contributed by atoms with Crippen LogP contribution in [0.5, 0.6) is 0 Å². The molecule has 0 rings (SSSR count). The van der Waals surface area contributed by atoms with Gasteiger partial charge in [0.15, 0.2) is 14.2 Å². The highest BCUT2D eigenvalue weighted by Crippen LogP contribution is 2.75. The average molecular weight is 234 g/mol. The van der Waals surface area contributed by atoms with Gasteiger partial charge in [-0.2, -0.15) is 9.22 Å². The Kier molecular flexibility index (Phi) is 2.89. The smallest absolute Gasteiger partial charge is 0.183 e. The van der Waals surface area contributed by atoms with Crippen molar-refractivity contribution in [2.24, 2.45) is 0 Å². The third-order valence-corrected chi connectivity index (χ3v) is 11.1. The molecule has 0 aliphatic rings. The molecule has 50 valence electrons. The Hall–Kier alpha value is 1.28. The molecule has 0 aromatic heterocycles. The van der Waals surface area contributed by atoms with E-state index in [2.05, 4.69) is 0 Å². The molecular weight excluding hydrogens is 234 g/mol. The van der Waals surface area contributed by atoms with Crippen LogP contribution in [-0.4, -0.2) is 0 Å². The third-order valence-electron chi connectivity index (χ3n) is 0.241. The van der Waals surface area contributed by atoms with Crippen molar-refractivity contribution in [2.75, 3.05) is 0 Å². The molecule has 0 aliphatic heterocycles. The Morgan fingerprint density at radius 1 is 0.750 bits per heavy atom. The molecule has 0 N–H and O–H groups in total. The molecule has 8 heavy (non-hydrogen) atoms. The van der Waals surface area contributed by atoms with Gasteiger partial charge < -0.3 is 0 Å². The lowest BCUT2D eigenvalue weighted by atomic mass is 14.0. The summed E-state index contributed by atoms with van der Waals surface area (Å²) in [5.41, 5.74) is 0. The van der Waals surface area contributed by atoms with Crippen LogP contribution in [-0.2, 0) is 0 Å². The first-order chi connectivity index (χ1) is 3.25. The first kappa shape index (κ1) is 9.28. The monoisotopic (exact) mass is 232 g/mol. The summed E-state index contributed by atoms with van der Waals surface area (Å²) in [4.78, 5) is 0. The van der Waals surface area contributed by atoms with Gasteiger partial charge in [0.25, 0.3) is 0 Å². The average Bonchev–Trinajstić information content (AvgIpc) is 1.25. The van der Waals surface area contributed by atoms with Gasteiger partial charge >= 0.3 is 0 Å². The van der Waals surface area contributed by atoms with Gasteiger partial charge in [0.1, 0.15) is 0 Å². The maximum atomic E-state index is 8.49. The summed E-state index contributed by atoms with van der Waals surface area (Å²) in [6.07, 6.45) is 0. The molecule has 0 atom stereocenters. The minimum atomic E-state index is -3.23. The molecule has 0 amide bonds. The van der Waals surface area contributed by atoms with E-state index in [1.165, 1.54) is 0 Å². The number of hydrogen-bond acceptors (Lipinski definition) is 2. The van der Waals surface area contributed by atoms with Crippen molar-refractivity contribution in [3.63, 3.8) is 0 Å². The first-order valence-corrected chi connectivity index (χ1v) is 8.15. The molecule has 0 unspecified atom stereocenters. The van der Waals surface area contributed by atoms with Gasteiger partial charge in [0.2, 0.25) is 0 Å². The molecule has 0 bridgehead atoms. The zero-order valence-corrected chi connectivity index (χ0v) is 7.88. The molecule has 8 heteroatoms. The predicted molar refractivity (Wildman–Crippen MR) is 42.0 cm³/mol. The van der Waals surface area contributed by atoms with Crippen molar-refractivity contribution in [3.05, 3.63) is 0 Å². The van der Waals surface area contributed by atoms with Crippen LogP contribution in [0.15, 0.2) is 0 Å². The van der Waals surface area contributed by atoms with E-state index in [0.717, 1.165) is 0 Å². The second kappa shape index (κ2) is 2.49. The van der Waals surface area contributed by atoms with Gasteiger partial charge in [-0.25, -0.2) is 0 Å². The van der Waals surface area contributed by atoms with Crippen molar-refractivity contribution in [1.29, 1.82) is 9.22 Å². The van der Waals surface area contributed by atoms with Crippen molar-refractivity contribution >= 4 is 57.0 Å². The van der Waals surface area contributed by atoms with E-state index in [0.29, 0.717) is 0 Å². The Morgan fingerprint density at radius 2 is 0.875 bits per heavy atom. The molecule has 0 aromatic rings. The normalized spacial score (nSPS) is 13.8. The summed E-state index contributed by atoms with van der Waals surface area (Å²) < 4.78 is 17.0. The van der Waals surface area contributed by atoms with E-state index in [1.807, 2.05) is 0 Å². The lowest BCUT2D eigenvalue weighted by Gasteiger charge is -2.00. The lowest BCUT2D eigenvalue weighted by molar-refractivity contribution is 1.65. The minimum absolute atomic E-state index is 3.23. The van der Waals surface area contributed by atoms with Crippen LogP contribution in [0.1, 0.15) is 0 Å². The van der Waals surface area contributed by atoms with Gasteiger partial charge in [-0.3, -0.25) is 0 Å². The second-order valence-electron chi connectivity index (χ2n) is 0.794. The number of rotatable bonds is 0. The van der Waals surface area contributed by atoms with Gasteiger partial charge in [-0.15, -0.1) is 0 Å². The molecule has 0 saturated heterocycles. The van der Waals surface area contributed by atoms with Crippen LogP contribution in [0, 0.1) is 9.22 Å². The van der Waals surface area contributed by atoms with E-state index in [1.54, 1.807) is 0 Å². The summed E-state index contributed by atoms with van der Waals surface area (Å²) in [7, 11) is 13.3. The van der Waals surface area contributed by atoms with Crippen molar-refractivity contribution < 1.29 is 0 Å². The zero-order valence-electron chi connectivity index (χ0n) is 3.22. The highest BCUT2D eigenvalue weighted by molar-refractivity contribution is 9.23. The summed E-state index contributed by atoms with van der Waals surface area (Å²) in [6, 6.07) is 0. The highest BCUT2D eigenvalue weighted by atomic mass is 36.1. The number of nitrogens with zero attached hydrogens (tertiary/aromatic N) is 2. The standard InChI is InChI=1S/Cl4N2S2/c1-7(2,5)8(3,4)6. The van der Waals surface area contributed by atoms with Crippen molar-refractivity contribution in [3.8, 4) is 0 Å². The van der Waals surface area contributed by atoms with Gasteiger partial charge in [-0.1, -0.05) is 0 Å². The summed E-state index contributed by atoms with van der Waals surface area (Å²) in [6.45, 7) is 0. The Balaban J connectivity index is 4.75. The molecule has 0 heterocycles. The van der Waals surface area contributed by atoms with Gasteiger partial charge in [-0.05, 0) is 0 Å². The summed E-state index contributed by atoms with van der Waals surface area (Å²) in [5.74, 6) is 0. The fourth-order valence-corrected chi connectivity index (χ4v) is 0. The summed E-state index contributed by atoms with van der Waals surface area (Å²) in [5, 5.41) is 0. The Morgan fingerprint density at radius 3 is 0.875 bits per heavy atom. The van der Waals surface area contributed by atoms with Crippen LogP contribution in [0.25, 0.3) is 0 Å².